The van der Waals surface area contributed by atoms with Gasteiger partial charge in [-0.2, -0.15) is 0 Å². The van der Waals surface area contributed by atoms with E-state index in [1.807, 2.05) is 50.2 Å². The average Bonchev–Trinajstić information content (AvgIpc) is 3.12. The van der Waals surface area contributed by atoms with Gasteiger partial charge in [-0.05, 0) is 43.7 Å². The van der Waals surface area contributed by atoms with Crippen molar-refractivity contribution in [1.29, 1.82) is 0 Å². The predicted molar refractivity (Wildman–Crippen MR) is 137 cm³/mol. The van der Waals surface area contributed by atoms with Gasteiger partial charge in [0.15, 0.2) is 0 Å². The second kappa shape index (κ2) is 8.82. The summed E-state index contributed by atoms with van der Waals surface area (Å²) in [4.78, 5) is 12.7. The van der Waals surface area contributed by atoms with Crippen LogP contribution in [0.5, 0.6) is 11.5 Å². The summed E-state index contributed by atoms with van der Waals surface area (Å²) in [5.41, 5.74) is 1.91. The van der Waals surface area contributed by atoms with Crippen LogP contribution in [0.3, 0.4) is 0 Å². The summed E-state index contributed by atoms with van der Waals surface area (Å²) in [5.74, 6) is 1.24. The van der Waals surface area contributed by atoms with Gasteiger partial charge in [0.1, 0.15) is 17.1 Å². The molecule has 5 rings (SSSR count). The van der Waals surface area contributed by atoms with Gasteiger partial charge in [-0.25, -0.2) is 13.1 Å². The summed E-state index contributed by atoms with van der Waals surface area (Å²) in [6, 6.07) is 19.5. The largest absolute Gasteiger partial charge is 0.497 e. The fourth-order valence-corrected chi connectivity index (χ4v) is 6.69. The van der Waals surface area contributed by atoms with Gasteiger partial charge in [0.05, 0.1) is 34.8 Å². The molecule has 9 heteroatoms. The van der Waals surface area contributed by atoms with Crippen LogP contribution in [-0.2, 0) is 16.6 Å². The highest BCUT2D eigenvalue weighted by molar-refractivity contribution is 7.89. The zero-order valence-electron chi connectivity index (χ0n) is 19.6. The summed E-state index contributed by atoms with van der Waals surface area (Å²) in [7, 11) is -2.29. The van der Waals surface area contributed by atoms with Gasteiger partial charge in [-0.1, -0.05) is 47.7 Å². The van der Waals surface area contributed by atoms with Crippen LogP contribution in [0, 0.1) is 0 Å². The Morgan fingerprint density at radius 1 is 1.11 bits per heavy atom. The zero-order valence-corrected chi connectivity index (χ0v) is 21.3. The average molecular weight is 511 g/mol. The Balaban J connectivity index is 1.47. The van der Waals surface area contributed by atoms with Gasteiger partial charge < -0.3 is 9.47 Å². The lowest BCUT2D eigenvalue weighted by Gasteiger charge is -2.37. The van der Waals surface area contributed by atoms with Gasteiger partial charge in [-0.3, -0.25) is 9.36 Å². The Labute approximate surface area is 208 Å². The molecule has 1 aliphatic rings. The van der Waals surface area contributed by atoms with E-state index in [2.05, 4.69) is 4.72 Å². The number of rotatable bonds is 6. The van der Waals surface area contributed by atoms with E-state index in [0.717, 1.165) is 22.5 Å². The minimum atomic E-state index is -3.86. The number of methoxy groups -OCH3 is 1. The molecule has 0 radical (unpaired) electrons. The molecule has 4 aromatic rings. The lowest BCUT2D eigenvalue weighted by molar-refractivity contribution is 0.0699. The van der Waals surface area contributed by atoms with E-state index in [1.165, 1.54) is 0 Å². The highest BCUT2D eigenvalue weighted by Crippen LogP contribution is 2.42. The molecular formula is C26H26N2O5S2. The number of sulfonamides is 1. The molecule has 0 fully saturated rings. The number of fused-ring (bicyclic) bond motifs is 2. The van der Waals surface area contributed by atoms with Gasteiger partial charge in [-0.15, -0.1) is 0 Å². The molecule has 35 heavy (non-hydrogen) atoms. The molecular weight excluding hydrogens is 484 g/mol. The molecule has 3 aromatic carbocycles. The Bertz CT molecular complexity index is 1560. The van der Waals surface area contributed by atoms with Gasteiger partial charge >= 0.3 is 4.87 Å². The standard InChI is InChI=1S/C26H26N2O5S2/c1-26(2)15-21(20-11-9-18(32-3)13-23(20)33-26)27-35(30,31)19-10-12-22-24(14-19)34-25(29)28(22)16-17-7-5-4-6-8-17/h4-14,21,27H,15-16H2,1-3H3/t21-/m1/s1. The first-order valence-electron chi connectivity index (χ1n) is 11.2. The maximum atomic E-state index is 13.4. The molecule has 0 saturated heterocycles. The van der Waals surface area contributed by atoms with Crippen molar-refractivity contribution in [3.8, 4) is 11.5 Å². The molecule has 2 heterocycles. The van der Waals surface area contributed by atoms with Crippen LogP contribution in [0.25, 0.3) is 10.2 Å². The van der Waals surface area contributed by atoms with E-state index in [-0.39, 0.29) is 9.77 Å². The molecule has 0 bridgehead atoms. The highest BCUT2D eigenvalue weighted by Gasteiger charge is 2.36. The van der Waals surface area contributed by atoms with Crippen molar-refractivity contribution in [2.45, 2.75) is 43.4 Å². The van der Waals surface area contributed by atoms with Crippen LogP contribution >= 0.6 is 11.3 Å². The van der Waals surface area contributed by atoms with Crippen LogP contribution in [-0.4, -0.2) is 25.7 Å². The van der Waals surface area contributed by atoms with Crippen molar-refractivity contribution in [3.05, 3.63) is 87.5 Å². The summed E-state index contributed by atoms with van der Waals surface area (Å²) < 4.78 is 43.4. The quantitative estimate of drug-likeness (QED) is 0.406. The minimum Gasteiger partial charge on any atom is -0.497 e. The van der Waals surface area contributed by atoms with E-state index < -0.39 is 21.7 Å². The van der Waals surface area contributed by atoms with Crippen molar-refractivity contribution in [3.63, 3.8) is 0 Å². The van der Waals surface area contributed by atoms with Crippen LogP contribution in [0.15, 0.2) is 76.4 Å². The molecule has 1 N–H and O–H groups in total. The summed E-state index contributed by atoms with van der Waals surface area (Å²) >= 11 is 1.05. The number of hydrogen-bond donors (Lipinski definition) is 1. The molecule has 182 valence electrons. The van der Waals surface area contributed by atoms with Crippen molar-refractivity contribution < 1.29 is 17.9 Å². The van der Waals surface area contributed by atoms with Gasteiger partial charge in [0.2, 0.25) is 10.0 Å². The molecule has 1 atom stereocenters. The highest BCUT2D eigenvalue weighted by atomic mass is 32.2. The fourth-order valence-electron chi connectivity index (χ4n) is 4.45. The Hall–Kier alpha value is -3.14. The van der Waals surface area contributed by atoms with E-state index >= 15 is 0 Å². The number of ether oxygens (including phenoxy) is 2. The number of benzene rings is 3. The molecule has 0 spiro atoms. The first-order valence-corrected chi connectivity index (χ1v) is 13.5. The van der Waals surface area contributed by atoms with Crippen molar-refractivity contribution in [2.24, 2.45) is 0 Å². The maximum Gasteiger partial charge on any atom is 0.308 e. The smallest absolute Gasteiger partial charge is 0.308 e. The maximum absolute atomic E-state index is 13.4. The lowest BCUT2D eigenvalue weighted by atomic mass is 9.90. The Morgan fingerprint density at radius 2 is 1.89 bits per heavy atom. The predicted octanol–water partition coefficient (Wildman–Crippen LogP) is 4.70. The molecule has 0 unspecified atom stereocenters. The molecule has 0 amide bonds. The Morgan fingerprint density at radius 3 is 2.63 bits per heavy atom. The fraction of sp³-hybridized carbons (Fsp3) is 0.269. The van der Waals surface area contributed by atoms with Crippen molar-refractivity contribution >= 4 is 31.6 Å². The third-order valence-electron chi connectivity index (χ3n) is 6.11. The van der Waals surface area contributed by atoms with Crippen LogP contribution in [0.4, 0.5) is 0 Å². The number of aromatic nitrogens is 1. The Kier molecular flexibility index (Phi) is 5.94. The van der Waals surface area contributed by atoms with Gasteiger partial charge in [0.25, 0.3) is 0 Å². The van der Waals surface area contributed by atoms with E-state index in [9.17, 15) is 13.2 Å². The number of nitrogens with one attached hydrogen (secondary N) is 1. The minimum absolute atomic E-state index is 0.123. The first kappa shape index (κ1) is 23.6. The third-order valence-corrected chi connectivity index (χ3v) is 8.52. The molecule has 0 aliphatic carbocycles. The monoisotopic (exact) mass is 510 g/mol. The molecule has 1 aromatic heterocycles. The van der Waals surface area contributed by atoms with Crippen LogP contribution < -0.4 is 19.1 Å². The number of hydrogen-bond acceptors (Lipinski definition) is 6. The van der Waals surface area contributed by atoms with E-state index in [4.69, 9.17) is 9.47 Å². The van der Waals surface area contributed by atoms with Crippen LogP contribution in [0.2, 0.25) is 0 Å². The molecule has 1 aliphatic heterocycles. The van der Waals surface area contributed by atoms with E-state index in [0.29, 0.717) is 34.7 Å². The lowest BCUT2D eigenvalue weighted by Crippen LogP contribution is -2.41. The SMILES string of the molecule is COc1ccc2c(c1)OC(C)(C)C[C@H]2NS(=O)(=O)c1ccc2c(c1)sc(=O)n2Cc1ccccc1. The zero-order chi connectivity index (χ0) is 24.8. The molecule has 0 saturated carbocycles. The summed E-state index contributed by atoms with van der Waals surface area (Å²) in [6.45, 7) is 4.28. The summed E-state index contributed by atoms with van der Waals surface area (Å²) in [6.07, 6.45) is 0.467. The van der Waals surface area contributed by atoms with Gasteiger partial charge in [0, 0.05) is 18.1 Å². The summed E-state index contributed by atoms with van der Waals surface area (Å²) in [5, 5.41) is 0. The number of nitrogens with zero attached hydrogens (tertiary/aromatic N) is 1. The number of thiazole rings is 1. The van der Waals surface area contributed by atoms with E-state index in [1.54, 1.807) is 42.0 Å². The second-order valence-corrected chi connectivity index (χ2v) is 11.9. The second-order valence-electron chi connectivity index (χ2n) is 9.21. The van der Waals surface area contributed by atoms with Crippen molar-refractivity contribution in [2.75, 3.05) is 7.11 Å². The third kappa shape index (κ3) is 4.71. The molecule has 7 nitrogen and oxygen atoms in total. The normalized spacial score (nSPS) is 17.1. The van der Waals surface area contributed by atoms with Crippen molar-refractivity contribution in [1.82, 2.24) is 9.29 Å². The van der Waals surface area contributed by atoms with Crippen LogP contribution in [0.1, 0.15) is 37.4 Å². The topological polar surface area (TPSA) is 86.6 Å². The first-order chi connectivity index (χ1) is 16.6.